The van der Waals surface area contributed by atoms with Gasteiger partial charge >= 0.3 is 0 Å². The van der Waals surface area contributed by atoms with E-state index in [4.69, 9.17) is 4.74 Å². The van der Waals surface area contributed by atoms with Crippen LogP contribution in [-0.2, 0) is 10.0 Å². The molecule has 1 heterocycles. The predicted molar refractivity (Wildman–Crippen MR) is 106 cm³/mol. The third-order valence-corrected chi connectivity index (χ3v) is 6.52. The highest BCUT2D eigenvalue weighted by Crippen LogP contribution is 2.26. The maximum absolute atomic E-state index is 12.8. The minimum atomic E-state index is -3.45. The van der Waals surface area contributed by atoms with Gasteiger partial charge in [-0.15, -0.1) is 0 Å². The van der Waals surface area contributed by atoms with E-state index in [9.17, 15) is 13.5 Å². The van der Waals surface area contributed by atoms with Gasteiger partial charge in [-0.25, -0.2) is 8.42 Å². The fourth-order valence-corrected chi connectivity index (χ4v) is 4.58. The van der Waals surface area contributed by atoms with Crippen molar-refractivity contribution in [3.05, 3.63) is 48.0 Å². The van der Waals surface area contributed by atoms with E-state index in [-0.39, 0.29) is 5.75 Å². The van der Waals surface area contributed by atoms with Gasteiger partial charge in [-0.2, -0.15) is 4.31 Å². The third kappa shape index (κ3) is 4.67. The van der Waals surface area contributed by atoms with Crippen molar-refractivity contribution in [2.24, 2.45) is 4.99 Å². The van der Waals surface area contributed by atoms with Gasteiger partial charge in [-0.05, 0) is 60.9 Å². The molecule has 2 aromatic rings. The number of ether oxygens (including phenoxy) is 1. The van der Waals surface area contributed by atoms with E-state index in [1.807, 2.05) is 0 Å². The second-order valence-corrected chi connectivity index (χ2v) is 8.44. The molecule has 0 atom stereocenters. The number of methoxy groups -OCH3 is 1. The molecule has 1 aliphatic heterocycles. The topological polar surface area (TPSA) is 79.2 Å². The van der Waals surface area contributed by atoms with Crippen LogP contribution in [0.15, 0.2) is 52.4 Å². The molecule has 1 aliphatic rings. The van der Waals surface area contributed by atoms with Crippen molar-refractivity contribution in [2.75, 3.05) is 20.2 Å². The highest BCUT2D eigenvalue weighted by Gasteiger charge is 2.24. The average molecular weight is 388 g/mol. The molecular formula is C20H24N2O4S. The fraction of sp³-hybridized carbons (Fsp3) is 0.350. The first-order valence-corrected chi connectivity index (χ1v) is 10.5. The lowest BCUT2D eigenvalue weighted by Gasteiger charge is -2.19. The van der Waals surface area contributed by atoms with Gasteiger partial charge < -0.3 is 9.84 Å². The summed E-state index contributed by atoms with van der Waals surface area (Å²) in [5, 5.41) is 9.62. The van der Waals surface area contributed by atoms with Crippen molar-refractivity contribution in [3.63, 3.8) is 0 Å². The van der Waals surface area contributed by atoms with Gasteiger partial charge in [-0.1, -0.05) is 12.8 Å². The van der Waals surface area contributed by atoms with Crippen LogP contribution in [0.4, 0.5) is 5.69 Å². The summed E-state index contributed by atoms with van der Waals surface area (Å²) in [6, 6.07) is 11.5. The molecule has 0 saturated carbocycles. The molecule has 1 fully saturated rings. The van der Waals surface area contributed by atoms with Crippen molar-refractivity contribution in [2.45, 2.75) is 30.6 Å². The minimum absolute atomic E-state index is 0.0673. The molecule has 2 aromatic carbocycles. The van der Waals surface area contributed by atoms with Gasteiger partial charge in [-0.3, -0.25) is 4.99 Å². The molecule has 1 saturated heterocycles. The smallest absolute Gasteiger partial charge is 0.243 e. The molecule has 6 nitrogen and oxygen atoms in total. The van der Waals surface area contributed by atoms with Gasteiger partial charge in [0.15, 0.2) is 11.5 Å². The number of aromatic hydroxyl groups is 1. The summed E-state index contributed by atoms with van der Waals surface area (Å²) in [4.78, 5) is 4.66. The Labute approximate surface area is 160 Å². The number of hydrogen-bond acceptors (Lipinski definition) is 5. The molecule has 27 heavy (non-hydrogen) atoms. The van der Waals surface area contributed by atoms with Crippen LogP contribution >= 0.6 is 0 Å². The van der Waals surface area contributed by atoms with Crippen LogP contribution in [0.2, 0.25) is 0 Å². The SMILES string of the molecule is COc1cc(C=Nc2ccc(S(=O)(=O)N3CCCCCC3)cc2)ccc1O. The number of aliphatic imine (C=N–C) groups is 1. The second kappa shape index (κ2) is 8.54. The molecule has 7 heteroatoms. The number of nitrogens with zero attached hydrogens (tertiary/aromatic N) is 2. The summed E-state index contributed by atoms with van der Waals surface area (Å²) in [6.45, 7) is 1.18. The Hall–Kier alpha value is -2.38. The van der Waals surface area contributed by atoms with E-state index in [2.05, 4.69) is 4.99 Å². The van der Waals surface area contributed by atoms with Crippen molar-refractivity contribution in [1.29, 1.82) is 0 Å². The maximum atomic E-state index is 12.8. The lowest BCUT2D eigenvalue weighted by molar-refractivity contribution is 0.373. The number of phenols is 1. The van der Waals surface area contributed by atoms with Crippen LogP contribution in [0.3, 0.4) is 0 Å². The van der Waals surface area contributed by atoms with Gasteiger partial charge in [0, 0.05) is 19.3 Å². The van der Waals surface area contributed by atoms with Crippen molar-refractivity contribution in [1.82, 2.24) is 4.31 Å². The normalized spacial score (nSPS) is 16.3. The first kappa shape index (κ1) is 19.4. The van der Waals surface area contributed by atoms with E-state index >= 15 is 0 Å². The van der Waals surface area contributed by atoms with E-state index < -0.39 is 10.0 Å². The summed E-state index contributed by atoms with van der Waals surface area (Å²) in [5.41, 5.74) is 1.42. The zero-order valence-corrected chi connectivity index (χ0v) is 16.2. The number of rotatable bonds is 5. The minimum Gasteiger partial charge on any atom is -0.504 e. The fourth-order valence-electron chi connectivity index (χ4n) is 3.06. The second-order valence-electron chi connectivity index (χ2n) is 6.50. The van der Waals surface area contributed by atoms with Gasteiger partial charge in [0.1, 0.15) is 0 Å². The highest BCUT2D eigenvalue weighted by molar-refractivity contribution is 7.89. The molecule has 0 aromatic heterocycles. The van der Waals surface area contributed by atoms with Gasteiger partial charge in [0.2, 0.25) is 10.0 Å². The summed E-state index contributed by atoms with van der Waals surface area (Å²) < 4.78 is 32.2. The van der Waals surface area contributed by atoms with Crippen LogP contribution in [0.5, 0.6) is 11.5 Å². The zero-order valence-electron chi connectivity index (χ0n) is 15.3. The van der Waals surface area contributed by atoms with Crippen LogP contribution in [0.25, 0.3) is 0 Å². The monoisotopic (exact) mass is 388 g/mol. The largest absolute Gasteiger partial charge is 0.504 e. The Morgan fingerprint density at radius 2 is 1.70 bits per heavy atom. The Bertz CT molecular complexity index is 900. The molecular weight excluding hydrogens is 364 g/mol. The van der Waals surface area contributed by atoms with Crippen LogP contribution in [0, 0.1) is 0 Å². The number of phenolic OH excluding ortho intramolecular Hbond substituents is 1. The predicted octanol–water partition coefficient (Wildman–Crippen LogP) is 3.72. The summed E-state index contributed by atoms with van der Waals surface area (Å²) >= 11 is 0. The first-order chi connectivity index (χ1) is 13.0. The van der Waals surface area contributed by atoms with Crippen LogP contribution < -0.4 is 4.74 Å². The van der Waals surface area contributed by atoms with Crippen LogP contribution in [0.1, 0.15) is 31.2 Å². The van der Waals surface area contributed by atoms with Gasteiger partial charge in [0.05, 0.1) is 17.7 Å². The molecule has 3 rings (SSSR count). The maximum Gasteiger partial charge on any atom is 0.243 e. The molecule has 0 amide bonds. The van der Waals surface area contributed by atoms with E-state index in [1.165, 1.54) is 13.2 Å². The first-order valence-electron chi connectivity index (χ1n) is 9.02. The zero-order chi connectivity index (χ0) is 19.3. The number of sulfonamides is 1. The number of benzene rings is 2. The lowest BCUT2D eigenvalue weighted by atomic mass is 10.2. The van der Waals surface area contributed by atoms with Crippen molar-refractivity contribution < 1.29 is 18.3 Å². The van der Waals surface area contributed by atoms with Crippen LogP contribution in [-0.4, -0.2) is 44.2 Å². The quantitative estimate of drug-likeness (QED) is 0.792. The molecule has 0 unspecified atom stereocenters. The standard InChI is InChI=1S/C20H24N2O4S/c1-26-20-14-16(6-11-19(20)23)15-21-17-7-9-18(10-8-17)27(24,25)22-12-4-2-3-5-13-22/h6-11,14-15,23H,2-5,12-13H2,1H3. The number of hydrogen-bond donors (Lipinski definition) is 1. The highest BCUT2D eigenvalue weighted by atomic mass is 32.2. The Balaban J connectivity index is 1.75. The summed E-state index contributed by atoms with van der Waals surface area (Å²) in [5.74, 6) is 0.440. The molecule has 0 aliphatic carbocycles. The summed E-state index contributed by atoms with van der Waals surface area (Å²) in [6.07, 6.45) is 5.64. The lowest BCUT2D eigenvalue weighted by Crippen LogP contribution is -2.31. The van der Waals surface area contributed by atoms with E-state index in [0.717, 1.165) is 31.2 Å². The van der Waals surface area contributed by atoms with Crippen molar-refractivity contribution >= 4 is 21.9 Å². The molecule has 1 N–H and O–H groups in total. The summed E-state index contributed by atoms with van der Waals surface area (Å²) in [7, 11) is -1.96. The molecule has 0 bridgehead atoms. The Morgan fingerprint density at radius 3 is 2.33 bits per heavy atom. The van der Waals surface area contributed by atoms with E-state index in [0.29, 0.717) is 29.4 Å². The van der Waals surface area contributed by atoms with Crippen molar-refractivity contribution in [3.8, 4) is 11.5 Å². The Kier molecular flexibility index (Phi) is 6.13. The van der Waals surface area contributed by atoms with E-state index in [1.54, 1.807) is 46.9 Å². The molecule has 0 radical (unpaired) electrons. The molecule has 0 spiro atoms. The van der Waals surface area contributed by atoms with Gasteiger partial charge in [0.25, 0.3) is 0 Å². The Morgan fingerprint density at radius 1 is 1.04 bits per heavy atom. The molecule has 144 valence electrons. The third-order valence-electron chi connectivity index (χ3n) is 4.61. The average Bonchev–Trinajstić information content (AvgIpc) is 2.98.